The Morgan fingerprint density at radius 2 is 2.00 bits per heavy atom. The van der Waals surface area contributed by atoms with E-state index < -0.39 is 0 Å². The minimum atomic E-state index is -0.119. The number of amides is 1. The summed E-state index contributed by atoms with van der Waals surface area (Å²) >= 11 is 0. The van der Waals surface area contributed by atoms with Crippen LogP contribution in [0.15, 0.2) is 30.3 Å². The largest absolute Gasteiger partial charge is 0.375 e. The molecule has 5 nitrogen and oxygen atoms in total. The maximum Gasteiger partial charge on any atom is 0.239 e. The first-order valence-corrected chi connectivity index (χ1v) is 8.52. The molecule has 3 rings (SSSR count). The van der Waals surface area contributed by atoms with Crippen molar-refractivity contribution in [3.63, 3.8) is 0 Å². The number of carbonyl (C=O) groups is 1. The Bertz CT molecular complexity index is 508. The molecule has 2 saturated heterocycles. The zero-order valence-electron chi connectivity index (χ0n) is 13.8. The highest BCUT2D eigenvalue weighted by Gasteiger charge is 2.38. The van der Waals surface area contributed by atoms with Gasteiger partial charge in [-0.05, 0) is 31.2 Å². The molecule has 2 fully saturated rings. The van der Waals surface area contributed by atoms with Crippen molar-refractivity contribution < 1.29 is 14.3 Å². The van der Waals surface area contributed by atoms with E-state index >= 15 is 0 Å². The third-order valence-corrected chi connectivity index (χ3v) is 4.69. The topological polar surface area (TPSA) is 42.0 Å². The number of hydrogen-bond donors (Lipinski definition) is 0. The van der Waals surface area contributed by atoms with Crippen LogP contribution in [0.2, 0.25) is 0 Å². The first kappa shape index (κ1) is 16.4. The molecule has 1 aromatic rings. The molecule has 2 aliphatic rings. The van der Waals surface area contributed by atoms with Gasteiger partial charge in [-0.3, -0.25) is 4.79 Å². The molecule has 0 saturated carbocycles. The molecule has 126 valence electrons. The van der Waals surface area contributed by atoms with Crippen LogP contribution in [0, 0.1) is 0 Å². The van der Waals surface area contributed by atoms with Gasteiger partial charge in [-0.25, -0.2) is 10.0 Å². The summed E-state index contributed by atoms with van der Waals surface area (Å²) in [6, 6.07) is 10.5. The van der Waals surface area contributed by atoms with Gasteiger partial charge in [0.15, 0.2) is 0 Å². The number of benzene rings is 1. The molecular formula is C18H26N2O3. The Balaban J connectivity index is 1.57. The second-order valence-electron chi connectivity index (χ2n) is 6.28. The highest BCUT2D eigenvalue weighted by molar-refractivity contribution is 5.76. The van der Waals surface area contributed by atoms with Crippen LogP contribution in [0.1, 0.15) is 37.7 Å². The van der Waals surface area contributed by atoms with Gasteiger partial charge in [0.1, 0.15) is 6.23 Å². The molecule has 2 heterocycles. The van der Waals surface area contributed by atoms with Crippen molar-refractivity contribution in [1.29, 1.82) is 0 Å². The fraction of sp³-hybridized carbons (Fsp3) is 0.611. The van der Waals surface area contributed by atoms with Crippen LogP contribution in [0.3, 0.4) is 0 Å². The smallest absolute Gasteiger partial charge is 0.239 e. The molecule has 0 radical (unpaired) electrons. The Morgan fingerprint density at radius 3 is 2.78 bits per heavy atom. The molecule has 0 unspecified atom stereocenters. The lowest BCUT2D eigenvalue weighted by Gasteiger charge is -2.42. The monoisotopic (exact) mass is 318 g/mol. The number of carbonyl (C=O) groups excluding carboxylic acids is 1. The summed E-state index contributed by atoms with van der Waals surface area (Å²) in [5.41, 5.74) is 1.18. The minimum Gasteiger partial charge on any atom is -0.375 e. The summed E-state index contributed by atoms with van der Waals surface area (Å²) in [6.45, 7) is 2.17. The summed E-state index contributed by atoms with van der Waals surface area (Å²) in [5.74, 6) is 0.179. The average molecular weight is 318 g/mol. The van der Waals surface area contributed by atoms with E-state index in [4.69, 9.17) is 9.47 Å². The highest BCUT2D eigenvalue weighted by atomic mass is 16.5. The van der Waals surface area contributed by atoms with Gasteiger partial charge in [0.25, 0.3) is 0 Å². The molecule has 0 bridgehead atoms. The molecule has 2 aliphatic heterocycles. The van der Waals surface area contributed by atoms with Crippen molar-refractivity contribution in [1.82, 2.24) is 10.0 Å². The maximum atomic E-state index is 12.4. The zero-order chi connectivity index (χ0) is 16.1. The molecule has 2 atom stereocenters. The van der Waals surface area contributed by atoms with Crippen LogP contribution >= 0.6 is 0 Å². The Morgan fingerprint density at radius 1 is 1.17 bits per heavy atom. The quantitative estimate of drug-likeness (QED) is 0.808. The zero-order valence-corrected chi connectivity index (χ0v) is 13.8. The van der Waals surface area contributed by atoms with Crippen molar-refractivity contribution in [3.8, 4) is 0 Å². The van der Waals surface area contributed by atoms with E-state index in [9.17, 15) is 4.79 Å². The van der Waals surface area contributed by atoms with Gasteiger partial charge in [0, 0.05) is 20.1 Å². The lowest BCUT2D eigenvalue weighted by molar-refractivity contribution is -0.197. The van der Waals surface area contributed by atoms with Crippen molar-refractivity contribution in [3.05, 3.63) is 35.9 Å². The molecule has 0 N–H and O–H groups in total. The summed E-state index contributed by atoms with van der Waals surface area (Å²) in [6.07, 6.45) is 4.49. The van der Waals surface area contributed by atoms with Crippen LogP contribution in [0.4, 0.5) is 0 Å². The van der Waals surface area contributed by atoms with E-state index in [0.717, 1.165) is 32.2 Å². The van der Waals surface area contributed by atoms with Crippen molar-refractivity contribution in [2.45, 2.75) is 51.0 Å². The number of hydrazine groups is 1. The van der Waals surface area contributed by atoms with Gasteiger partial charge < -0.3 is 9.47 Å². The van der Waals surface area contributed by atoms with Crippen molar-refractivity contribution >= 4 is 5.91 Å². The first-order valence-electron chi connectivity index (χ1n) is 8.52. The van der Waals surface area contributed by atoms with E-state index in [1.807, 2.05) is 23.2 Å². The normalized spacial score (nSPS) is 26.0. The van der Waals surface area contributed by atoms with Gasteiger partial charge in [0.05, 0.1) is 19.3 Å². The summed E-state index contributed by atoms with van der Waals surface area (Å²) in [5, 5.41) is 4.04. The van der Waals surface area contributed by atoms with Crippen molar-refractivity contribution in [2.75, 3.05) is 20.3 Å². The van der Waals surface area contributed by atoms with Gasteiger partial charge in [-0.1, -0.05) is 30.3 Å². The number of piperidine rings is 1. The lowest BCUT2D eigenvalue weighted by atomic mass is 10.1. The third-order valence-electron chi connectivity index (χ3n) is 4.69. The third kappa shape index (κ3) is 3.91. The molecular weight excluding hydrogens is 292 g/mol. The second kappa shape index (κ2) is 7.90. The average Bonchev–Trinajstić information content (AvgIpc) is 3.03. The molecule has 23 heavy (non-hydrogen) atoms. The fourth-order valence-electron chi connectivity index (χ4n) is 3.51. The Labute approximate surface area is 138 Å². The van der Waals surface area contributed by atoms with E-state index in [1.165, 1.54) is 5.56 Å². The summed E-state index contributed by atoms with van der Waals surface area (Å²) in [7, 11) is 1.69. The predicted octanol–water partition coefficient (Wildman–Crippen LogP) is 2.57. The Hall–Kier alpha value is -1.43. The van der Waals surface area contributed by atoms with Crippen LogP contribution in [-0.4, -0.2) is 48.5 Å². The van der Waals surface area contributed by atoms with Crippen LogP contribution in [0.5, 0.6) is 0 Å². The van der Waals surface area contributed by atoms with E-state index in [2.05, 4.69) is 17.1 Å². The van der Waals surface area contributed by atoms with E-state index in [0.29, 0.717) is 19.6 Å². The molecule has 1 aromatic carbocycles. The number of nitrogens with zero attached hydrogens (tertiary/aromatic N) is 2. The first-order chi connectivity index (χ1) is 11.3. The molecule has 5 heteroatoms. The molecule has 0 aromatic heterocycles. The highest BCUT2D eigenvalue weighted by Crippen LogP contribution is 2.27. The molecule has 0 aliphatic carbocycles. The Kier molecular flexibility index (Phi) is 5.65. The fourth-order valence-corrected chi connectivity index (χ4v) is 3.51. The summed E-state index contributed by atoms with van der Waals surface area (Å²) in [4.78, 5) is 12.4. The van der Waals surface area contributed by atoms with Crippen LogP contribution in [-0.2, 0) is 20.9 Å². The van der Waals surface area contributed by atoms with E-state index in [-0.39, 0.29) is 18.2 Å². The van der Waals surface area contributed by atoms with Crippen LogP contribution in [0.25, 0.3) is 0 Å². The minimum absolute atomic E-state index is 0.119. The van der Waals surface area contributed by atoms with Crippen LogP contribution < -0.4 is 0 Å². The lowest BCUT2D eigenvalue weighted by Crippen LogP contribution is -2.57. The molecule has 0 spiro atoms. The summed E-state index contributed by atoms with van der Waals surface area (Å²) < 4.78 is 11.4. The second-order valence-corrected chi connectivity index (χ2v) is 6.28. The van der Waals surface area contributed by atoms with Crippen molar-refractivity contribution in [2.24, 2.45) is 0 Å². The number of ether oxygens (including phenoxy) is 2. The maximum absolute atomic E-state index is 12.4. The number of rotatable bonds is 6. The SMILES string of the molecule is CO[C@H]1CCCC(=O)N1N1CCC[C@H]1COCc1ccccc1. The van der Waals surface area contributed by atoms with Gasteiger partial charge in [-0.15, -0.1) is 0 Å². The molecule has 1 amide bonds. The predicted molar refractivity (Wildman–Crippen MR) is 87.3 cm³/mol. The van der Waals surface area contributed by atoms with E-state index in [1.54, 1.807) is 7.11 Å². The number of methoxy groups -OCH3 is 1. The van der Waals surface area contributed by atoms with Gasteiger partial charge >= 0.3 is 0 Å². The van der Waals surface area contributed by atoms with Gasteiger partial charge in [-0.2, -0.15) is 0 Å². The van der Waals surface area contributed by atoms with Gasteiger partial charge in [0.2, 0.25) is 5.91 Å². The number of hydrogen-bond acceptors (Lipinski definition) is 4. The standard InChI is InChI=1S/C18H26N2O3/c1-22-18-11-5-10-17(21)20(18)19-12-6-9-16(19)14-23-13-15-7-3-2-4-8-15/h2-4,7-8,16,18H,5-6,9-14H2,1H3/t16-,18-/m0/s1.